The molecule has 3 rings (SSSR count). The van der Waals surface area contributed by atoms with E-state index in [1.165, 1.54) is 6.92 Å². The van der Waals surface area contributed by atoms with Crippen molar-refractivity contribution in [3.63, 3.8) is 0 Å². The maximum atomic E-state index is 12.4. The molecule has 0 saturated carbocycles. The average Bonchev–Trinajstić information content (AvgIpc) is 3.06. The van der Waals surface area contributed by atoms with Crippen LogP contribution in [0.25, 0.3) is 0 Å². The van der Waals surface area contributed by atoms with Gasteiger partial charge in [-0.1, -0.05) is 0 Å². The zero-order chi connectivity index (χ0) is 29.5. The van der Waals surface area contributed by atoms with Gasteiger partial charge in [0.15, 0.2) is 12.0 Å². The second-order valence-corrected chi connectivity index (χ2v) is 13.1. The van der Waals surface area contributed by atoms with Crippen LogP contribution in [0.1, 0.15) is 6.92 Å². The van der Waals surface area contributed by atoms with Crippen LogP contribution >= 0.6 is 14.5 Å². The first-order chi connectivity index (χ1) is 17.9. The number of aliphatic hydroxyl groups excluding tert-OH is 7. The van der Waals surface area contributed by atoms with Crippen molar-refractivity contribution in [1.82, 2.24) is 9.55 Å². The zero-order valence-electron chi connectivity index (χ0n) is 19.8. The summed E-state index contributed by atoms with van der Waals surface area (Å²) >= 11 is 4.65. The van der Waals surface area contributed by atoms with E-state index in [9.17, 15) is 54.6 Å². The van der Waals surface area contributed by atoms with Crippen molar-refractivity contribution in [2.45, 2.75) is 67.8 Å². The van der Waals surface area contributed by atoms with E-state index in [1.54, 1.807) is 0 Å². The molecule has 39 heavy (non-hydrogen) atoms. The van der Waals surface area contributed by atoms with Gasteiger partial charge >= 0.3 is 20.2 Å². The van der Waals surface area contributed by atoms with E-state index in [2.05, 4.69) is 20.6 Å². The van der Waals surface area contributed by atoms with Gasteiger partial charge in [0.25, 0.3) is 5.56 Å². The van der Waals surface area contributed by atoms with Crippen LogP contribution in [0.5, 0.6) is 0 Å². The molecule has 224 valence electrons. The van der Waals surface area contributed by atoms with E-state index < -0.39 is 99.9 Å². The molecular weight excluding hydrogens is 598 g/mol. The van der Waals surface area contributed by atoms with Crippen molar-refractivity contribution in [2.75, 3.05) is 13.2 Å². The molecule has 0 aliphatic carbocycles. The van der Waals surface area contributed by atoms with Crippen molar-refractivity contribution in [3.05, 3.63) is 33.1 Å². The predicted octanol–water partition coefficient (Wildman–Crippen LogP) is -5.14. The SMILES string of the molecule is C[C@@]1(n2ccc(=O)[nH]c2=O)O[C@H](COP(O)(=S)OP(=O)(O)OC2OC([C@@H](O)CO)C(O)C(O)C2O)[C@@H](O)[C@H]1O. The summed E-state index contributed by atoms with van der Waals surface area (Å²) in [5, 5.41) is 69.4. The molecular formula is C17H28N2O17P2S. The van der Waals surface area contributed by atoms with Gasteiger partial charge in [0.2, 0.25) is 0 Å². The Labute approximate surface area is 223 Å². The summed E-state index contributed by atoms with van der Waals surface area (Å²) in [4.78, 5) is 45.7. The molecule has 19 nitrogen and oxygen atoms in total. The van der Waals surface area contributed by atoms with Crippen LogP contribution < -0.4 is 11.2 Å². The number of nitrogens with one attached hydrogen (secondary N) is 1. The molecule has 2 saturated heterocycles. The molecule has 0 aromatic carbocycles. The fourth-order valence-electron chi connectivity index (χ4n) is 3.92. The van der Waals surface area contributed by atoms with E-state index in [0.717, 1.165) is 16.8 Å². The summed E-state index contributed by atoms with van der Waals surface area (Å²) in [6.45, 7) is -5.36. The Morgan fingerprint density at radius 1 is 1.15 bits per heavy atom. The first-order valence-corrected chi connectivity index (χ1v) is 15.1. The van der Waals surface area contributed by atoms with Gasteiger partial charge in [-0.25, -0.2) is 13.7 Å². The number of aromatic amines is 1. The van der Waals surface area contributed by atoms with E-state index in [1.807, 2.05) is 4.98 Å². The highest BCUT2D eigenvalue weighted by Crippen LogP contribution is 2.61. The van der Waals surface area contributed by atoms with Crippen molar-refractivity contribution in [1.29, 1.82) is 0 Å². The van der Waals surface area contributed by atoms with E-state index >= 15 is 0 Å². The monoisotopic (exact) mass is 626 g/mol. The average molecular weight is 626 g/mol. The van der Waals surface area contributed by atoms with Crippen molar-refractivity contribution in [3.8, 4) is 0 Å². The highest BCUT2D eigenvalue weighted by Gasteiger charge is 2.54. The Morgan fingerprint density at radius 2 is 1.79 bits per heavy atom. The van der Waals surface area contributed by atoms with Crippen molar-refractivity contribution >= 4 is 26.3 Å². The van der Waals surface area contributed by atoms with Crippen molar-refractivity contribution < 1.29 is 72.9 Å². The lowest BCUT2D eigenvalue weighted by Crippen LogP contribution is -2.61. The van der Waals surface area contributed by atoms with Crippen LogP contribution in [0, 0.1) is 0 Å². The van der Waals surface area contributed by atoms with E-state index in [0.29, 0.717) is 0 Å². The lowest BCUT2D eigenvalue weighted by atomic mass is 9.96. The lowest BCUT2D eigenvalue weighted by molar-refractivity contribution is -0.292. The molecule has 2 aliphatic heterocycles. The van der Waals surface area contributed by atoms with Gasteiger partial charge in [0, 0.05) is 12.3 Å². The molecule has 3 heterocycles. The third-order valence-electron chi connectivity index (χ3n) is 5.96. The number of hydrogen-bond acceptors (Lipinski definition) is 16. The minimum Gasteiger partial charge on any atom is -0.394 e. The number of nitrogens with zero attached hydrogens (tertiary/aromatic N) is 1. The van der Waals surface area contributed by atoms with Crippen LogP contribution in [0.4, 0.5) is 0 Å². The first-order valence-electron chi connectivity index (χ1n) is 11.0. The van der Waals surface area contributed by atoms with E-state index in [-0.39, 0.29) is 0 Å². The summed E-state index contributed by atoms with van der Waals surface area (Å²) in [7, 11) is -5.49. The third kappa shape index (κ3) is 7.08. The number of aromatic nitrogens is 2. The van der Waals surface area contributed by atoms with Gasteiger partial charge in [-0.15, -0.1) is 0 Å². The number of phosphoric acid groups is 1. The molecule has 0 spiro atoms. The normalized spacial score (nSPS) is 39.1. The van der Waals surface area contributed by atoms with Gasteiger partial charge < -0.3 is 59.5 Å². The summed E-state index contributed by atoms with van der Waals surface area (Å²) in [5.74, 6) is 0. The molecule has 0 radical (unpaired) electrons. The minimum atomic E-state index is -5.49. The summed E-state index contributed by atoms with van der Waals surface area (Å²) < 4.78 is 37.7. The molecule has 2 fully saturated rings. The second-order valence-electron chi connectivity index (χ2n) is 8.74. The number of phosphoric ester groups is 1. The van der Waals surface area contributed by atoms with Crippen LogP contribution in [-0.4, -0.2) is 123 Å². The summed E-state index contributed by atoms with van der Waals surface area (Å²) in [5.41, 5.74) is -3.65. The number of rotatable bonds is 10. The van der Waals surface area contributed by atoms with Crippen molar-refractivity contribution in [2.24, 2.45) is 0 Å². The van der Waals surface area contributed by atoms with Gasteiger partial charge in [0.1, 0.15) is 48.8 Å². The fourth-order valence-corrected chi connectivity index (χ4v) is 7.02. The Kier molecular flexibility index (Phi) is 10.1. The molecule has 10 N–H and O–H groups in total. The zero-order valence-corrected chi connectivity index (χ0v) is 22.4. The number of ether oxygens (including phenoxy) is 2. The minimum absolute atomic E-state index is 0.738. The van der Waals surface area contributed by atoms with Crippen LogP contribution in [0.3, 0.4) is 0 Å². The molecule has 0 bridgehead atoms. The Balaban J connectivity index is 1.66. The molecule has 12 atom stereocenters. The van der Waals surface area contributed by atoms with Crippen LogP contribution in [0.15, 0.2) is 21.9 Å². The van der Waals surface area contributed by atoms with Crippen LogP contribution in [-0.2, 0) is 44.9 Å². The Hall–Kier alpha value is -1.00. The maximum Gasteiger partial charge on any atom is 0.481 e. The molecule has 1 aromatic rings. The fraction of sp³-hybridized carbons (Fsp3) is 0.765. The number of aliphatic hydroxyl groups is 7. The van der Waals surface area contributed by atoms with Gasteiger partial charge in [0.05, 0.1) is 13.2 Å². The third-order valence-corrected chi connectivity index (χ3v) is 9.48. The highest BCUT2D eigenvalue weighted by molar-refractivity contribution is 8.08. The van der Waals surface area contributed by atoms with Crippen LogP contribution in [0.2, 0.25) is 0 Å². The van der Waals surface area contributed by atoms with Gasteiger partial charge in [-0.3, -0.25) is 18.9 Å². The summed E-state index contributed by atoms with van der Waals surface area (Å²) in [6, 6.07) is 0.957. The van der Waals surface area contributed by atoms with Gasteiger partial charge in [-0.2, -0.15) is 0 Å². The molecule has 0 amide bonds. The topological polar surface area (TPSA) is 300 Å². The summed E-state index contributed by atoms with van der Waals surface area (Å²) in [6.07, 6.45) is -16.0. The molecule has 22 heteroatoms. The second kappa shape index (κ2) is 12.1. The smallest absolute Gasteiger partial charge is 0.394 e. The molecule has 1 aromatic heterocycles. The predicted molar refractivity (Wildman–Crippen MR) is 126 cm³/mol. The standard InChI is InChI=1S/C17H28N2O17P2S/c1-17(19-3-2-8(22)18-16(19)28)14(27)9(23)7(34-17)5-32-38(31,39)36-37(29,30)35-15-12(26)10(24)11(25)13(33-15)6(21)4-20/h2-3,6-7,9-15,20-21,23-27H,4-5H2,1H3,(H,29,30)(H,31,39)(H,18,22,28)/t6-,7+,9+,10?,11?,12?,13?,14+,15?,17+,38?/m0/s1. The lowest BCUT2D eigenvalue weighted by Gasteiger charge is -2.41. The Morgan fingerprint density at radius 3 is 2.38 bits per heavy atom. The highest BCUT2D eigenvalue weighted by atomic mass is 32.5. The number of hydrogen-bond donors (Lipinski definition) is 10. The Bertz CT molecular complexity index is 1230. The largest absolute Gasteiger partial charge is 0.481 e. The molecule has 7 unspecified atom stereocenters. The van der Waals surface area contributed by atoms with E-state index in [4.69, 9.17) is 19.1 Å². The number of H-pyrrole nitrogens is 1. The first kappa shape index (κ1) is 32.5. The van der Waals surface area contributed by atoms with Gasteiger partial charge in [-0.05, 0) is 18.7 Å². The maximum absolute atomic E-state index is 12.4. The quantitative estimate of drug-likeness (QED) is 0.109. The molecule has 2 aliphatic rings.